The minimum atomic E-state index is -0.833. The van der Waals surface area contributed by atoms with Crippen LogP contribution in [-0.4, -0.2) is 37.9 Å². The fraction of sp³-hybridized carbons (Fsp3) is 0.800. The third kappa shape index (κ3) is 101. The average molecular weight is 222 g/mol. The molecule has 5 nitrogen and oxygen atoms in total. The van der Waals surface area contributed by atoms with E-state index in [1.807, 2.05) is 13.8 Å². The fourth-order valence-electron chi connectivity index (χ4n) is 0.284. The Morgan fingerprint density at radius 3 is 1.53 bits per heavy atom. The van der Waals surface area contributed by atoms with Crippen LogP contribution in [0.2, 0.25) is 0 Å². The first-order chi connectivity index (χ1) is 6.77. The molecule has 0 aliphatic carbocycles. The van der Waals surface area contributed by atoms with Gasteiger partial charge in [-0.1, -0.05) is 13.8 Å². The first-order valence-electron chi connectivity index (χ1n) is 4.50. The molecule has 0 unspecified atom stereocenters. The van der Waals surface area contributed by atoms with Crippen LogP contribution >= 0.6 is 0 Å². The van der Waals surface area contributed by atoms with E-state index >= 15 is 0 Å². The summed E-state index contributed by atoms with van der Waals surface area (Å²) in [5, 5.41) is 7.42. The van der Waals surface area contributed by atoms with Crippen LogP contribution < -0.4 is 0 Å². The third-order valence-corrected chi connectivity index (χ3v) is 0.620. The lowest BCUT2D eigenvalue weighted by Crippen LogP contribution is -2.05. The zero-order valence-electron chi connectivity index (χ0n) is 10.4. The number of aliphatic carboxylic acids is 1. The SMILES string of the molecule is CC(=O)O.CC(=O)OCC(C)C.COC. The van der Waals surface area contributed by atoms with E-state index in [9.17, 15) is 4.79 Å². The molecule has 0 saturated heterocycles. The highest BCUT2D eigenvalue weighted by Crippen LogP contribution is 1.91. The predicted octanol–water partition coefficient (Wildman–Crippen LogP) is 1.56. The molecule has 0 aromatic rings. The van der Waals surface area contributed by atoms with Gasteiger partial charge in [-0.3, -0.25) is 9.59 Å². The summed E-state index contributed by atoms with van der Waals surface area (Å²) in [6.45, 7) is 7.05. The Kier molecular flexibility index (Phi) is 20.0. The van der Waals surface area contributed by atoms with Gasteiger partial charge in [0.2, 0.25) is 0 Å². The van der Waals surface area contributed by atoms with Gasteiger partial charge in [0.15, 0.2) is 0 Å². The Hall–Kier alpha value is -1.10. The highest BCUT2D eigenvalue weighted by Gasteiger charge is 1.94. The lowest BCUT2D eigenvalue weighted by molar-refractivity contribution is -0.142. The molecule has 0 heterocycles. The molecule has 15 heavy (non-hydrogen) atoms. The topological polar surface area (TPSA) is 72.8 Å². The highest BCUT2D eigenvalue weighted by atomic mass is 16.5. The largest absolute Gasteiger partial charge is 0.481 e. The standard InChI is InChI=1S/C6H12O2.C2H4O2.C2H6O/c1-5(2)4-8-6(3)7;1-2(3)4;1-3-2/h5H,4H2,1-3H3;1H3,(H,3,4);1-2H3. The molecular weight excluding hydrogens is 200 g/mol. The molecule has 5 heteroatoms. The van der Waals surface area contributed by atoms with Crippen molar-refractivity contribution in [1.82, 2.24) is 0 Å². The second-order valence-electron chi connectivity index (χ2n) is 3.12. The quantitative estimate of drug-likeness (QED) is 0.718. The van der Waals surface area contributed by atoms with E-state index in [-0.39, 0.29) is 5.97 Å². The third-order valence-electron chi connectivity index (χ3n) is 0.620. The Morgan fingerprint density at radius 2 is 1.47 bits per heavy atom. The van der Waals surface area contributed by atoms with Crippen molar-refractivity contribution in [3.05, 3.63) is 0 Å². The lowest BCUT2D eigenvalue weighted by Gasteiger charge is -2.02. The summed E-state index contributed by atoms with van der Waals surface area (Å²) in [4.78, 5) is 19.1. The summed E-state index contributed by atoms with van der Waals surface area (Å²) in [5.74, 6) is -0.586. The minimum absolute atomic E-state index is 0.196. The molecular formula is C10H22O5. The van der Waals surface area contributed by atoms with Crippen molar-refractivity contribution in [3.63, 3.8) is 0 Å². The van der Waals surface area contributed by atoms with Gasteiger partial charge in [0.25, 0.3) is 5.97 Å². The normalized spacial score (nSPS) is 7.93. The summed E-state index contributed by atoms with van der Waals surface area (Å²) in [7, 11) is 3.25. The second kappa shape index (κ2) is 15.4. The Morgan fingerprint density at radius 1 is 1.20 bits per heavy atom. The van der Waals surface area contributed by atoms with Crippen LogP contribution in [0.3, 0.4) is 0 Å². The number of rotatable bonds is 2. The summed E-state index contributed by atoms with van der Waals surface area (Å²) in [6, 6.07) is 0. The molecule has 1 N–H and O–H groups in total. The molecule has 0 radical (unpaired) electrons. The monoisotopic (exact) mass is 222 g/mol. The number of esters is 1. The van der Waals surface area contributed by atoms with Gasteiger partial charge in [0.05, 0.1) is 6.61 Å². The molecule has 0 aliphatic heterocycles. The van der Waals surface area contributed by atoms with Gasteiger partial charge in [-0.15, -0.1) is 0 Å². The summed E-state index contributed by atoms with van der Waals surface area (Å²) >= 11 is 0. The molecule has 0 aromatic carbocycles. The number of methoxy groups -OCH3 is 1. The number of carbonyl (C=O) groups excluding carboxylic acids is 1. The number of carboxylic acid groups (broad SMARTS) is 1. The van der Waals surface area contributed by atoms with Crippen LogP contribution in [0.1, 0.15) is 27.7 Å². The van der Waals surface area contributed by atoms with Gasteiger partial charge in [-0.05, 0) is 5.92 Å². The van der Waals surface area contributed by atoms with Crippen LogP contribution in [0, 0.1) is 5.92 Å². The van der Waals surface area contributed by atoms with E-state index < -0.39 is 5.97 Å². The van der Waals surface area contributed by atoms with Crippen LogP contribution in [0.25, 0.3) is 0 Å². The second-order valence-corrected chi connectivity index (χ2v) is 3.12. The molecule has 0 amide bonds. The van der Waals surface area contributed by atoms with Gasteiger partial charge in [-0.25, -0.2) is 0 Å². The van der Waals surface area contributed by atoms with Gasteiger partial charge >= 0.3 is 5.97 Å². The van der Waals surface area contributed by atoms with Crippen LogP contribution in [-0.2, 0) is 19.1 Å². The van der Waals surface area contributed by atoms with E-state index in [1.54, 1.807) is 14.2 Å². The van der Waals surface area contributed by atoms with Crippen LogP contribution in [0.15, 0.2) is 0 Å². The van der Waals surface area contributed by atoms with E-state index in [0.717, 1.165) is 6.92 Å². The summed E-state index contributed by atoms with van der Waals surface area (Å²) in [6.07, 6.45) is 0. The highest BCUT2D eigenvalue weighted by molar-refractivity contribution is 5.65. The smallest absolute Gasteiger partial charge is 0.302 e. The molecule has 92 valence electrons. The van der Waals surface area contributed by atoms with Crippen molar-refractivity contribution in [1.29, 1.82) is 0 Å². The first kappa shape index (κ1) is 19.5. The predicted molar refractivity (Wildman–Crippen MR) is 57.7 cm³/mol. The zero-order valence-corrected chi connectivity index (χ0v) is 10.4. The van der Waals surface area contributed by atoms with Gasteiger partial charge in [0.1, 0.15) is 0 Å². The van der Waals surface area contributed by atoms with Gasteiger partial charge < -0.3 is 14.6 Å². The van der Waals surface area contributed by atoms with Crippen LogP contribution in [0.4, 0.5) is 0 Å². The maximum Gasteiger partial charge on any atom is 0.302 e. The molecule has 0 rings (SSSR count). The average Bonchev–Trinajstić information content (AvgIpc) is 2.01. The summed E-state index contributed by atoms with van der Waals surface area (Å²) in [5.41, 5.74) is 0. The van der Waals surface area contributed by atoms with Crippen molar-refractivity contribution in [2.75, 3.05) is 20.8 Å². The van der Waals surface area contributed by atoms with Crippen LogP contribution in [0.5, 0.6) is 0 Å². The van der Waals surface area contributed by atoms with E-state index in [2.05, 4.69) is 9.47 Å². The molecule has 0 aromatic heterocycles. The molecule has 0 aliphatic rings. The Bertz CT molecular complexity index is 150. The number of carboxylic acids is 1. The molecule has 0 bridgehead atoms. The van der Waals surface area contributed by atoms with E-state index in [4.69, 9.17) is 9.90 Å². The van der Waals surface area contributed by atoms with Gasteiger partial charge in [-0.2, -0.15) is 0 Å². The summed E-state index contributed by atoms with van der Waals surface area (Å²) < 4.78 is 8.91. The Labute approximate surface area is 91.4 Å². The first-order valence-corrected chi connectivity index (χ1v) is 4.50. The van der Waals surface area contributed by atoms with Crippen molar-refractivity contribution in [2.45, 2.75) is 27.7 Å². The maximum absolute atomic E-state index is 10.1. The number of hydrogen-bond donors (Lipinski definition) is 1. The molecule has 0 atom stereocenters. The van der Waals surface area contributed by atoms with Crippen molar-refractivity contribution in [3.8, 4) is 0 Å². The molecule has 0 saturated carbocycles. The molecule has 0 spiro atoms. The minimum Gasteiger partial charge on any atom is -0.481 e. The van der Waals surface area contributed by atoms with Crippen molar-refractivity contribution < 1.29 is 24.2 Å². The number of carbonyl (C=O) groups is 2. The fourth-order valence-corrected chi connectivity index (χ4v) is 0.284. The zero-order chi connectivity index (χ0) is 12.9. The van der Waals surface area contributed by atoms with Gasteiger partial charge in [0, 0.05) is 28.1 Å². The lowest BCUT2D eigenvalue weighted by atomic mass is 10.2. The van der Waals surface area contributed by atoms with E-state index in [1.165, 1.54) is 6.92 Å². The maximum atomic E-state index is 10.1. The molecule has 0 fully saturated rings. The van der Waals surface area contributed by atoms with Crippen molar-refractivity contribution >= 4 is 11.9 Å². The van der Waals surface area contributed by atoms with E-state index in [0.29, 0.717) is 12.5 Å². The number of hydrogen-bond acceptors (Lipinski definition) is 4. The Balaban J connectivity index is -0.000000173. The van der Waals surface area contributed by atoms with Crippen molar-refractivity contribution in [2.24, 2.45) is 5.92 Å². The number of ether oxygens (including phenoxy) is 2.